The summed E-state index contributed by atoms with van der Waals surface area (Å²) in [6.45, 7) is 0. The van der Waals surface area contributed by atoms with Gasteiger partial charge in [-0.05, 0) is 41.0 Å². The van der Waals surface area contributed by atoms with Gasteiger partial charge in [-0.15, -0.1) is 0 Å². The molecule has 1 unspecified atom stereocenters. The second-order valence-electron chi connectivity index (χ2n) is 6.29. The zero-order chi connectivity index (χ0) is 19.2. The van der Waals surface area contributed by atoms with Crippen LogP contribution < -0.4 is 9.64 Å². The molecular formula is C23H23NO2S. The maximum Gasteiger partial charge on any atom is 0.118 e. The number of hydrogen-bond donors (Lipinski definition) is 0. The van der Waals surface area contributed by atoms with Crippen LogP contribution in [0.1, 0.15) is 11.1 Å². The van der Waals surface area contributed by atoms with Gasteiger partial charge < -0.3 is 9.64 Å². The Balaban J connectivity index is 2.09. The summed E-state index contributed by atoms with van der Waals surface area (Å²) in [6, 6.07) is 25.6. The third kappa shape index (κ3) is 4.47. The third-order valence-corrected chi connectivity index (χ3v) is 5.50. The lowest BCUT2D eigenvalue weighted by Gasteiger charge is -2.16. The number of anilines is 1. The molecule has 3 aromatic rings. The Bertz CT molecular complexity index is 948. The van der Waals surface area contributed by atoms with Crippen LogP contribution in [0, 0.1) is 0 Å². The summed E-state index contributed by atoms with van der Waals surface area (Å²) in [5.74, 6) is 0.797. The van der Waals surface area contributed by atoms with Gasteiger partial charge in [-0.1, -0.05) is 54.6 Å². The minimum absolute atomic E-state index is 0.796. The van der Waals surface area contributed by atoms with E-state index in [4.69, 9.17) is 4.74 Å². The number of para-hydroxylation sites is 1. The molecule has 0 aliphatic heterocycles. The Labute approximate surface area is 163 Å². The summed E-state index contributed by atoms with van der Waals surface area (Å²) in [6.07, 6.45) is 0. The molecule has 4 heteroatoms. The molecule has 0 radical (unpaired) electrons. The highest BCUT2D eigenvalue weighted by Crippen LogP contribution is 2.29. The number of benzene rings is 3. The Morgan fingerprint density at radius 2 is 1.44 bits per heavy atom. The van der Waals surface area contributed by atoms with E-state index in [-0.39, 0.29) is 0 Å². The van der Waals surface area contributed by atoms with Crippen molar-refractivity contribution in [3.8, 4) is 5.75 Å². The van der Waals surface area contributed by atoms with Crippen molar-refractivity contribution in [2.45, 2.75) is 4.90 Å². The van der Waals surface area contributed by atoms with Crippen molar-refractivity contribution in [1.82, 2.24) is 0 Å². The summed E-state index contributed by atoms with van der Waals surface area (Å²) in [5.41, 5.74) is 3.91. The first kappa shape index (κ1) is 18.9. The van der Waals surface area contributed by atoms with Crippen molar-refractivity contribution in [2.24, 2.45) is 0 Å². The molecule has 0 amide bonds. The second kappa shape index (κ2) is 8.69. The number of nitrogens with zero attached hydrogens (tertiary/aromatic N) is 1. The average Bonchev–Trinajstić information content (AvgIpc) is 2.72. The summed E-state index contributed by atoms with van der Waals surface area (Å²) in [5, 5.41) is 1.83. The van der Waals surface area contributed by atoms with E-state index in [0.717, 1.165) is 33.0 Å². The topological polar surface area (TPSA) is 29.5 Å². The molecule has 0 aliphatic carbocycles. The first-order chi connectivity index (χ1) is 13.1. The van der Waals surface area contributed by atoms with Crippen molar-refractivity contribution < 1.29 is 8.95 Å². The molecule has 0 aliphatic rings. The summed E-state index contributed by atoms with van der Waals surface area (Å²) in [4.78, 5) is 2.78. The SMILES string of the molecule is COc1ccc(/C(=C\S(=O)c2ccccc2N(C)C)c2ccccc2)cc1. The molecule has 27 heavy (non-hydrogen) atoms. The molecule has 0 saturated carbocycles. The van der Waals surface area contributed by atoms with Crippen LogP contribution in [0.3, 0.4) is 0 Å². The Morgan fingerprint density at radius 3 is 2.07 bits per heavy atom. The van der Waals surface area contributed by atoms with Gasteiger partial charge in [-0.25, -0.2) is 4.21 Å². The van der Waals surface area contributed by atoms with E-state index in [1.165, 1.54) is 0 Å². The predicted molar refractivity (Wildman–Crippen MR) is 114 cm³/mol. The molecule has 0 saturated heterocycles. The lowest BCUT2D eigenvalue weighted by Crippen LogP contribution is -2.11. The monoisotopic (exact) mass is 377 g/mol. The van der Waals surface area contributed by atoms with Gasteiger partial charge in [0.05, 0.1) is 28.5 Å². The predicted octanol–water partition coefficient (Wildman–Crippen LogP) is 4.96. The summed E-state index contributed by atoms with van der Waals surface area (Å²) < 4.78 is 18.5. The van der Waals surface area contributed by atoms with Gasteiger partial charge in [-0.3, -0.25) is 0 Å². The van der Waals surface area contributed by atoms with E-state index in [1.807, 2.05) is 103 Å². The van der Waals surface area contributed by atoms with E-state index < -0.39 is 10.8 Å². The normalized spacial score (nSPS) is 12.5. The standard InChI is InChI=1S/C23H23NO2S/c1-24(2)22-11-7-8-12-23(22)27(25)17-21(18-9-5-4-6-10-18)19-13-15-20(26-3)16-14-19/h4-17H,1-3H3/b21-17-. The van der Waals surface area contributed by atoms with Crippen LogP contribution in [-0.4, -0.2) is 25.4 Å². The van der Waals surface area contributed by atoms with Crippen LogP contribution in [0.4, 0.5) is 5.69 Å². The molecule has 0 N–H and O–H groups in total. The highest BCUT2D eigenvalue weighted by Gasteiger charge is 2.12. The zero-order valence-corrected chi connectivity index (χ0v) is 16.6. The lowest BCUT2D eigenvalue weighted by molar-refractivity contribution is 0.415. The molecule has 3 nitrogen and oxygen atoms in total. The van der Waals surface area contributed by atoms with Crippen molar-refractivity contribution >= 4 is 22.1 Å². The maximum atomic E-state index is 13.2. The quantitative estimate of drug-likeness (QED) is 0.608. The molecule has 0 fully saturated rings. The maximum absolute atomic E-state index is 13.2. The molecule has 0 aromatic heterocycles. The minimum Gasteiger partial charge on any atom is -0.497 e. The van der Waals surface area contributed by atoms with Gasteiger partial charge in [-0.2, -0.15) is 0 Å². The van der Waals surface area contributed by atoms with E-state index in [9.17, 15) is 4.21 Å². The van der Waals surface area contributed by atoms with Crippen molar-refractivity contribution in [2.75, 3.05) is 26.1 Å². The number of rotatable bonds is 6. The zero-order valence-electron chi connectivity index (χ0n) is 15.8. The van der Waals surface area contributed by atoms with E-state index in [2.05, 4.69) is 0 Å². The summed E-state index contributed by atoms with van der Waals surface area (Å²) in [7, 11) is 4.28. The molecule has 0 spiro atoms. The molecule has 3 rings (SSSR count). The highest BCUT2D eigenvalue weighted by molar-refractivity contribution is 7.88. The average molecular weight is 378 g/mol. The van der Waals surface area contributed by atoms with E-state index in [1.54, 1.807) is 7.11 Å². The van der Waals surface area contributed by atoms with Gasteiger partial charge in [0.2, 0.25) is 0 Å². The third-order valence-electron chi connectivity index (χ3n) is 4.27. The van der Waals surface area contributed by atoms with Crippen LogP contribution in [0.25, 0.3) is 5.57 Å². The number of methoxy groups -OCH3 is 1. The van der Waals surface area contributed by atoms with Gasteiger partial charge >= 0.3 is 0 Å². The van der Waals surface area contributed by atoms with Crippen LogP contribution in [0.5, 0.6) is 5.75 Å². The summed E-state index contributed by atoms with van der Waals surface area (Å²) >= 11 is 0. The van der Waals surface area contributed by atoms with Gasteiger partial charge in [0.15, 0.2) is 0 Å². The van der Waals surface area contributed by atoms with Crippen LogP contribution >= 0.6 is 0 Å². The van der Waals surface area contributed by atoms with Gasteiger partial charge in [0.25, 0.3) is 0 Å². The molecule has 138 valence electrons. The first-order valence-electron chi connectivity index (χ1n) is 8.68. The van der Waals surface area contributed by atoms with Gasteiger partial charge in [0, 0.05) is 19.5 Å². The Morgan fingerprint density at radius 1 is 0.852 bits per heavy atom. The Hall–Kier alpha value is -2.85. The second-order valence-corrected chi connectivity index (χ2v) is 7.56. The van der Waals surface area contributed by atoms with Crippen molar-refractivity contribution in [3.63, 3.8) is 0 Å². The molecular weight excluding hydrogens is 354 g/mol. The van der Waals surface area contributed by atoms with Crippen LogP contribution in [0.2, 0.25) is 0 Å². The fourth-order valence-electron chi connectivity index (χ4n) is 2.86. The van der Waals surface area contributed by atoms with E-state index >= 15 is 0 Å². The molecule has 3 aromatic carbocycles. The van der Waals surface area contributed by atoms with Crippen molar-refractivity contribution in [1.29, 1.82) is 0 Å². The van der Waals surface area contributed by atoms with Crippen LogP contribution in [0.15, 0.2) is 89.2 Å². The number of hydrogen-bond acceptors (Lipinski definition) is 3. The first-order valence-corrected chi connectivity index (χ1v) is 9.90. The molecule has 1 atom stereocenters. The number of ether oxygens (including phenoxy) is 1. The highest BCUT2D eigenvalue weighted by atomic mass is 32.2. The lowest BCUT2D eigenvalue weighted by atomic mass is 10.00. The fourth-order valence-corrected chi connectivity index (χ4v) is 4.14. The minimum atomic E-state index is -1.29. The smallest absolute Gasteiger partial charge is 0.118 e. The van der Waals surface area contributed by atoms with Crippen LogP contribution in [-0.2, 0) is 10.8 Å². The molecule has 0 heterocycles. The fraction of sp³-hybridized carbons (Fsp3) is 0.130. The van der Waals surface area contributed by atoms with E-state index in [0.29, 0.717) is 0 Å². The van der Waals surface area contributed by atoms with Gasteiger partial charge in [0.1, 0.15) is 5.75 Å². The van der Waals surface area contributed by atoms with Crippen molar-refractivity contribution in [3.05, 3.63) is 95.4 Å². The largest absolute Gasteiger partial charge is 0.497 e. The molecule has 0 bridgehead atoms. The Kier molecular flexibility index (Phi) is 6.09.